The highest BCUT2D eigenvalue weighted by molar-refractivity contribution is 9.10. The Labute approximate surface area is 168 Å². The van der Waals surface area contributed by atoms with Gasteiger partial charge in [0, 0.05) is 11.5 Å². The fourth-order valence-electron chi connectivity index (χ4n) is 2.18. The topological polar surface area (TPSA) is 128 Å². The Hall–Kier alpha value is -2.06. The number of rotatable bonds is 6. The Kier molecular flexibility index (Phi) is 6.16. The Morgan fingerprint density at radius 1 is 1.11 bits per heavy atom. The largest absolute Gasteiger partial charge is 0.352 e. The van der Waals surface area contributed by atoms with Crippen molar-refractivity contribution < 1.29 is 21.2 Å². The van der Waals surface area contributed by atoms with Crippen molar-refractivity contribution in [1.29, 1.82) is 0 Å². The van der Waals surface area contributed by atoms with Gasteiger partial charge in [0.2, 0.25) is 20.0 Å². The van der Waals surface area contributed by atoms with Crippen LogP contribution in [0, 0.1) is 5.82 Å². The lowest BCUT2D eigenvalue weighted by Gasteiger charge is -2.24. The predicted molar refractivity (Wildman–Crippen MR) is 104 cm³/mol. The van der Waals surface area contributed by atoms with Gasteiger partial charge in [-0.05, 0) is 41.9 Å². The van der Waals surface area contributed by atoms with E-state index in [2.05, 4.69) is 21.0 Å². The van der Waals surface area contributed by atoms with Crippen LogP contribution in [-0.2, 0) is 27.1 Å². The molecule has 0 fully saturated rings. The van der Waals surface area contributed by atoms with Crippen LogP contribution in [0.15, 0.2) is 32.4 Å². The van der Waals surface area contributed by atoms with Crippen LogP contribution in [0.3, 0.4) is 0 Å². The van der Waals surface area contributed by atoms with Crippen LogP contribution in [0.1, 0.15) is 13.8 Å². The molecule has 10 nitrogen and oxygen atoms in total. The van der Waals surface area contributed by atoms with E-state index in [0.29, 0.717) is 9.25 Å². The van der Waals surface area contributed by atoms with E-state index in [9.17, 15) is 30.8 Å². The van der Waals surface area contributed by atoms with Gasteiger partial charge in [0.15, 0.2) is 0 Å². The smallest absolute Gasteiger partial charge is 0.267 e. The summed E-state index contributed by atoms with van der Waals surface area (Å²) in [6, 6.07) is 1.67. The van der Waals surface area contributed by atoms with Crippen molar-refractivity contribution in [2.24, 2.45) is 7.05 Å². The van der Waals surface area contributed by atoms with Crippen molar-refractivity contribution in [3.63, 3.8) is 0 Å². The fraction of sp³-hybridized carbons (Fsp3) is 0.357. The van der Waals surface area contributed by atoms with Crippen molar-refractivity contribution in [1.82, 2.24) is 14.3 Å². The molecule has 2 rings (SSSR count). The molecule has 0 bridgehead atoms. The van der Waals surface area contributed by atoms with Crippen LogP contribution in [-0.4, -0.2) is 42.7 Å². The maximum atomic E-state index is 14.5. The van der Waals surface area contributed by atoms with E-state index in [4.69, 9.17) is 0 Å². The summed E-state index contributed by atoms with van der Waals surface area (Å²) in [5, 5.41) is 3.56. The van der Waals surface area contributed by atoms with Gasteiger partial charge in [-0.25, -0.2) is 26.0 Å². The standard InChI is InChI=1S/C14H16BrFN4O6S2/c1-4-27(23,24)20(28(25,26)5-2)11-7-12(10(16)6-9(11)15)19-14(22)18(3)13(21)8-17-19/h6-8H,4-5H2,1-3H3. The minimum absolute atomic E-state index is 0.166. The van der Waals surface area contributed by atoms with Crippen molar-refractivity contribution in [2.75, 3.05) is 15.2 Å². The van der Waals surface area contributed by atoms with Gasteiger partial charge in [0.05, 0.1) is 17.2 Å². The van der Waals surface area contributed by atoms with Crippen LogP contribution in [0.2, 0.25) is 0 Å². The molecule has 1 heterocycles. The van der Waals surface area contributed by atoms with Gasteiger partial charge in [0.1, 0.15) is 17.7 Å². The minimum atomic E-state index is -4.31. The van der Waals surface area contributed by atoms with Crippen LogP contribution in [0.5, 0.6) is 0 Å². The molecule has 0 aliphatic heterocycles. The number of hydrogen-bond donors (Lipinski definition) is 0. The van der Waals surface area contributed by atoms with E-state index in [1.54, 1.807) is 0 Å². The second-order valence-electron chi connectivity index (χ2n) is 5.49. The van der Waals surface area contributed by atoms with Gasteiger partial charge in [-0.2, -0.15) is 13.5 Å². The van der Waals surface area contributed by atoms with Gasteiger partial charge in [0.25, 0.3) is 5.56 Å². The lowest BCUT2D eigenvalue weighted by atomic mass is 10.2. The SMILES string of the molecule is CCS(=O)(=O)N(c1cc(-n2ncc(=O)n(C)c2=O)c(F)cc1Br)S(=O)(=O)CC. The first-order chi connectivity index (χ1) is 12.9. The van der Waals surface area contributed by atoms with Gasteiger partial charge >= 0.3 is 5.69 Å². The van der Waals surface area contributed by atoms with Gasteiger partial charge in [-0.1, -0.05) is 0 Å². The molecule has 0 radical (unpaired) electrons. The molecular formula is C14H16BrFN4O6S2. The van der Waals surface area contributed by atoms with E-state index in [0.717, 1.165) is 25.4 Å². The molecule has 0 aliphatic carbocycles. The highest BCUT2D eigenvalue weighted by Crippen LogP contribution is 2.34. The minimum Gasteiger partial charge on any atom is -0.267 e. The van der Waals surface area contributed by atoms with Crippen LogP contribution in [0.4, 0.5) is 10.1 Å². The van der Waals surface area contributed by atoms with Crippen molar-refractivity contribution >= 4 is 41.7 Å². The Morgan fingerprint density at radius 3 is 2.14 bits per heavy atom. The van der Waals surface area contributed by atoms with Crippen molar-refractivity contribution in [3.8, 4) is 5.69 Å². The lowest BCUT2D eigenvalue weighted by Crippen LogP contribution is -2.40. The number of benzene rings is 1. The molecule has 1 aromatic carbocycles. The van der Waals surface area contributed by atoms with Crippen LogP contribution < -0.4 is 15.0 Å². The summed E-state index contributed by atoms with van der Waals surface area (Å²) in [5.41, 5.74) is -2.67. The van der Waals surface area contributed by atoms with Crippen LogP contribution >= 0.6 is 15.9 Å². The van der Waals surface area contributed by atoms with E-state index in [1.807, 2.05) is 0 Å². The zero-order valence-corrected chi connectivity index (χ0v) is 18.2. The Morgan fingerprint density at radius 2 is 1.64 bits per heavy atom. The third-order valence-corrected chi connectivity index (χ3v) is 8.62. The zero-order valence-electron chi connectivity index (χ0n) is 15.0. The fourth-order valence-corrected chi connectivity index (χ4v) is 6.30. The molecule has 1 aromatic heterocycles. The van der Waals surface area contributed by atoms with Gasteiger partial charge in [-0.3, -0.25) is 9.36 Å². The molecule has 28 heavy (non-hydrogen) atoms. The summed E-state index contributed by atoms with van der Waals surface area (Å²) in [4.78, 5) is 23.7. The third-order valence-electron chi connectivity index (χ3n) is 3.76. The maximum Gasteiger partial charge on any atom is 0.352 e. The normalized spacial score (nSPS) is 12.2. The summed E-state index contributed by atoms with van der Waals surface area (Å²) >= 11 is 2.97. The molecule has 14 heteroatoms. The highest BCUT2D eigenvalue weighted by atomic mass is 79.9. The number of aromatic nitrogens is 3. The van der Waals surface area contributed by atoms with Crippen LogP contribution in [0.25, 0.3) is 5.69 Å². The van der Waals surface area contributed by atoms with Crippen molar-refractivity contribution in [2.45, 2.75) is 13.8 Å². The van der Waals surface area contributed by atoms with E-state index < -0.39 is 60.0 Å². The Balaban J connectivity index is 2.91. The first-order valence-corrected chi connectivity index (χ1v) is 11.8. The monoisotopic (exact) mass is 498 g/mol. The molecule has 0 unspecified atom stereocenters. The lowest BCUT2D eigenvalue weighted by molar-refractivity contribution is 0.580. The second kappa shape index (κ2) is 7.75. The molecule has 0 aliphatic rings. The first kappa shape index (κ1) is 22.2. The number of hydrogen-bond acceptors (Lipinski definition) is 7. The molecule has 0 saturated carbocycles. The second-order valence-corrected chi connectivity index (χ2v) is 10.8. The molecule has 2 aromatic rings. The molecule has 0 spiro atoms. The highest BCUT2D eigenvalue weighted by Gasteiger charge is 2.34. The summed E-state index contributed by atoms with van der Waals surface area (Å²) < 4.78 is 65.6. The third kappa shape index (κ3) is 3.89. The maximum absolute atomic E-state index is 14.5. The average Bonchev–Trinajstić information content (AvgIpc) is 2.62. The molecule has 0 atom stereocenters. The quantitative estimate of drug-likeness (QED) is 0.561. The van der Waals surface area contributed by atoms with E-state index in [1.165, 1.54) is 13.8 Å². The van der Waals surface area contributed by atoms with Crippen molar-refractivity contribution in [3.05, 3.63) is 49.5 Å². The summed E-state index contributed by atoms with van der Waals surface area (Å²) in [7, 11) is -7.48. The number of nitrogens with zero attached hydrogens (tertiary/aromatic N) is 4. The van der Waals surface area contributed by atoms with Gasteiger partial charge in [-0.15, -0.1) is 0 Å². The molecule has 0 amide bonds. The first-order valence-electron chi connectivity index (χ1n) is 7.78. The van der Waals surface area contributed by atoms with E-state index in [-0.39, 0.29) is 8.18 Å². The predicted octanol–water partition coefficient (Wildman–Crippen LogP) is 0.339. The van der Waals surface area contributed by atoms with E-state index >= 15 is 0 Å². The average molecular weight is 499 g/mol. The molecular weight excluding hydrogens is 483 g/mol. The summed E-state index contributed by atoms with van der Waals surface area (Å²) in [6.07, 6.45) is 0.770. The Bertz CT molecular complexity index is 1220. The number of anilines is 1. The molecule has 0 N–H and O–H groups in total. The summed E-state index contributed by atoms with van der Waals surface area (Å²) in [5.74, 6) is -2.07. The summed E-state index contributed by atoms with van der Waals surface area (Å²) in [6.45, 7) is 2.51. The molecule has 154 valence electrons. The zero-order chi connectivity index (χ0) is 21.4. The van der Waals surface area contributed by atoms with Gasteiger partial charge < -0.3 is 0 Å². The number of halogens is 2. The molecule has 0 saturated heterocycles. The number of sulfonamides is 2.